The van der Waals surface area contributed by atoms with Crippen LogP contribution in [0.15, 0.2) is 11.2 Å². The van der Waals surface area contributed by atoms with Gasteiger partial charge in [-0.25, -0.2) is 8.42 Å². The fourth-order valence-corrected chi connectivity index (χ4v) is 3.51. The van der Waals surface area contributed by atoms with E-state index in [-0.39, 0.29) is 24.4 Å². The topological polar surface area (TPSA) is 86.9 Å². The molecule has 1 aromatic rings. The molecule has 6 nitrogen and oxygen atoms in total. The Bertz CT molecular complexity index is 593. The van der Waals surface area contributed by atoms with Crippen LogP contribution in [0.3, 0.4) is 0 Å². The molecule has 1 aliphatic carbocycles. The maximum Gasteiger partial charge on any atom is 0.407 e. The van der Waals surface area contributed by atoms with Gasteiger partial charge in [0.1, 0.15) is 5.54 Å². The lowest BCUT2D eigenvalue weighted by atomic mass is 10.3. The van der Waals surface area contributed by atoms with Gasteiger partial charge in [0.25, 0.3) is 10.0 Å². The lowest BCUT2D eigenvalue weighted by Gasteiger charge is -2.20. The minimum Gasteiger partial charge on any atom is -0.313 e. The summed E-state index contributed by atoms with van der Waals surface area (Å²) in [6, 6.07) is 0. The average molecular weight is 326 g/mol. The van der Waals surface area contributed by atoms with Gasteiger partial charge in [-0.15, -0.1) is 0 Å². The Morgan fingerprint density at radius 2 is 2.10 bits per heavy atom. The monoisotopic (exact) mass is 326 g/mol. The second-order valence-corrected chi connectivity index (χ2v) is 6.71. The van der Waals surface area contributed by atoms with Gasteiger partial charge < -0.3 is 5.32 Å². The van der Waals surface area contributed by atoms with E-state index in [1.807, 2.05) is 6.92 Å². The van der Waals surface area contributed by atoms with Crippen molar-refractivity contribution in [1.29, 1.82) is 0 Å². The van der Waals surface area contributed by atoms with Crippen molar-refractivity contribution in [3.8, 4) is 0 Å². The number of H-pyrrole nitrogens is 1. The summed E-state index contributed by atoms with van der Waals surface area (Å²) in [7, 11) is -4.29. The summed E-state index contributed by atoms with van der Waals surface area (Å²) in [5.74, 6) is 0. The van der Waals surface area contributed by atoms with Crippen LogP contribution in [-0.2, 0) is 16.6 Å². The van der Waals surface area contributed by atoms with Crippen molar-refractivity contribution in [1.82, 2.24) is 20.2 Å². The number of aromatic nitrogens is 2. The van der Waals surface area contributed by atoms with E-state index in [9.17, 15) is 21.6 Å². The maximum atomic E-state index is 12.9. The highest BCUT2D eigenvalue weighted by atomic mass is 32.2. The molecule has 0 spiro atoms. The van der Waals surface area contributed by atoms with Crippen LogP contribution < -0.4 is 10.0 Å². The van der Waals surface area contributed by atoms with Crippen molar-refractivity contribution in [2.45, 2.75) is 49.5 Å². The normalized spacial score (nSPS) is 17.9. The Balaban J connectivity index is 2.16. The molecule has 1 aliphatic rings. The van der Waals surface area contributed by atoms with Crippen LogP contribution >= 0.6 is 0 Å². The van der Waals surface area contributed by atoms with Gasteiger partial charge in [-0.1, -0.05) is 6.92 Å². The second-order valence-electron chi connectivity index (χ2n) is 5.09. The highest BCUT2D eigenvalue weighted by Gasteiger charge is 2.65. The molecular formula is C11H17F3N4O2S. The number of hydrogen-bond donors (Lipinski definition) is 3. The Hall–Kier alpha value is -1.13. The first kappa shape index (κ1) is 16.2. The molecule has 0 aromatic carbocycles. The Morgan fingerprint density at radius 3 is 2.62 bits per heavy atom. The van der Waals surface area contributed by atoms with E-state index >= 15 is 0 Å². The summed E-state index contributed by atoms with van der Waals surface area (Å²) in [4.78, 5) is 0. The summed E-state index contributed by atoms with van der Waals surface area (Å²) >= 11 is 0. The zero-order valence-electron chi connectivity index (χ0n) is 11.4. The smallest absolute Gasteiger partial charge is 0.313 e. The van der Waals surface area contributed by atoms with Gasteiger partial charge in [0.05, 0.1) is 6.20 Å². The molecule has 120 valence electrons. The minimum absolute atomic E-state index is 0.222. The molecule has 1 aromatic heterocycles. The Labute approximate surface area is 120 Å². The molecule has 0 radical (unpaired) electrons. The van der Waals surface area contributed by atoms with E-state index in [1.54, 1.807) is 4.72 Å². The van der Waals surface area contributed by atoms with Crippen LogP contribution in [0.5, 0.6) is 0 Å². The van der Waals surface area contributed by atoms with E-state index in [1.165, 1.54) is 6.20 Å². The summed E-state index contributed by atoms with van der Waals surface area (Å²) in [5.41, 5.74) is -2.01. The summed E-state index contributed by atoms with van der Waals surface area (Å²) in [5, 5.41) is 8.55. The highest BCUT2D eigenvalue weighted by Crippen LogP contribution is 2.49. The predicted molar refractivity (Wildman–Crippen MR) is 68.9 cm³/mol. The molecule has 0 aliphatic heterocycles. The van der Waals surface area contributed by atoms with Gasteiger partial charge in [0.15, 0.2) is 5.03 Å². The van der Waals surface area contributed by atoms with Crippen LogP contribution in [0.4, 0.5) is 13.2 Å². The summed E-state index contributed by atoms with van der Waals surface area (Å²) in [6.45, 7) is 2.84. The van der Waals surface area contributed by atoms with Gasteiger partial charge in [-0.2, -0.15) is 23.0 Å². The first-order valence-electron chi connectivity index (χ1n) is 6.55. The second kappa shape index (κ2) is 5.58. The molecule has 1 heterocycles. The lowest BCUT2D eigenvalue weighted by Crippen LogP contribution is -2.48. The van der Waals surface area contributed by atoms with Crippen LogP contribution in [0.25, 0.3) is 0 Å². The van der Waals surface area contributed by atoms with Gasteiger partial charge in [0, 0.05) is 12.1 Å². The highest BCUT2D eigenvalue weighted by molar-refractivity contribution is 7.89. The molecule has 0 unspecified atom stereocenters. The Morgan fingerprint density at radius 1 is 1.43 bits per heavy atom. The number of sulfonamides is 1. The van der Waals surface area contributed by atoms with Crippen LogP contribution in [0.2, 0.25) is 0 Å². The van der Waals surface area contributed by atoms with E-state index < -0.39 is 21.7 Å². The zero-order chi connectivity index (χ0) is 15.7. The molecule has 0 amide bonds. The zero-order valence-corrected chi connectivity index (χ0v) is 12.2. The van der Waals surface area contributed by atoms with Gasteiger partial charge in [-0.3, -0.25) is 5.10 Å². The minimum atomic E-state index is -4.60. The fraction of sp³-hybridized carbons (Fsp3) is 0.727. The van der Waals surface area contributed by atoms with Crippen molar-refractivity contribution in [2.75, 3.05) is 6.54 Å². The van der Waals surface area contributed by atoms with E-state index in [2.05, 4.69) is 15.5 Å². The van der Waals surface area contributed by atoms with Crippen LogP contribution in [0, 0.1) is 0 Å². The molecule has 1 saturated carbocycles. The van der Waals surface area contributed by atoms with Crippen molar-refractivity contribution < 1.29 is 21.6 Å². The molecule has 2 rings (SSSR count). The molecular weight excluding hydrogens is 309 g/mol. The SMILES string of the molecule is CCCNCc1cn[nH]c1S(=O)(=O)NC1(C(F)(F)F)CC1. The number of nitrogens with one attached hydrogen (secondary N) is 3. The number of aromatic amines is 1. The third kappa shape index (κ3) is 3.38. The predicted octanol–water partition coefficient (Wildman–Crippen LogP) is 1.28. The van der Waals surface area contributed by atoms with E-state index in [0.717, 1.165) is 6.42 Å². The van der Waals surface area contributed by atoms with Crippen molar-refractivity contribution >= 4 is 10.0 Å². The molecule has 0 saturated heterocycles. The first-order chi connectivity index (χ1) is 9.72. The van der Waals surface area contributed by atoms with Gasteiger partial charge in [-0.05, 0) is 25.8 Å². The van der Waals surface area contributed by atoms with E-state index in [0.29, 0.717) is 12.1 Å². The van der Waals surface area contributed by atoms with Gasteiger partial charge in [0.2, 0.25) is 0 Å². The summed E-state index contributed by atoms with van der Waals surface area (Å²) in [6.07, 6.45) is -2.93. The fourth-order valence-electron chi connectivity index (χ4n) is 1.93. The molecule has 1 fully saturated rings. The number of hydrogen-bond acceptors (Lipinski definition) is 4. The van der Waals surface area contributed by atoms with Crippen molar-refractivity contribution in [3.05, 3.63) is 11.8 Å². The number of alkyl halides is 3. The number of nitrogens with zero attached hydrogens (tertiary/aromatic N) is 1. The third-order valence-corrected chi connectivity index (χ3v) is 4.86. The first-order valence-corrected chi connectivity index (χ1v) is 8.04. The van der Waals surface area contributed by atoms with Crippen LogP contribution in [-0.4, -0.2) is 36.9 Å². The maximum absolute atomic E-state index is 12.9. The van der Waals surface area contributed by atoms with Crippen molar-refractivity contribution in [3.63, 3.8) is 0 Å². The standard InChI is InChI=1S/C11H17F3N4O2S/c1-2-5-15-6-8-7-16-17-9(8)21(19,20)18-10(3-4-10)11(12,13)14/h7,15,18H,2-6H2,1H3,(H,16,17). The molecule has 10 heteroatoms. The number of rotatable bonds is 7. The van der Waals surface area contributed by atoms with E-state index in [4.69, 9.17) is 0 Å². The lowest BCUT2D eigenvalue weighted by molar-refractivity contribution is -0.160. The molecule has 3 N–H and O–H groups in total. The molecule has 0 bridgehead atoms. The third-order valence-electron chi connectivity index (χ3n) is 3.31. The Kier molecular flexibility index (Phi) is 4.31. The summed E-state index contributed by atoms with van der Waals surface area (Å²) < 4.78 is 64.6. The quantitative estimate of drug-likeness (QED) is 0.659. The molecule has 0 atom stereocenters. The number of halogens is 3. The average Bonchev–Trinajstić information content (AvgIpc) is 2.99. The van der Waals surface area contributed by atoms with Crippen molar-refractivity contribution in [2.24, 2.45) is 0 Å². The van der Waals surface area contributed by atoms with Gasteiger partial charge >= 0.3 is 6.18 Å². The van der Waals surface area contributed by atoms with Crippen LogP contribution in [0.1, 0.15) is 31.7 Å². The molecule has 21 heavy (non-hydrogen) atoms. The largest absolute Gasteiger partial charge is 0.407 e.